The highest BCUT2D eigenvalue weighted by molar-refractivity contribution is 6.33. The van der Waals surface area contributed by atoms with Crippen LogP contribution < -0.4 is 25.1 Å². The Morgan fingerprint density at radius 2 is 1.39 bits per heavy atom. The molecular weight excluding hydrogens is 384 g/mol. The van der Waals surface area contributed by atoms with Crippen LogP contribution in [0.25, 0.3) is 0 Å². The van der Waals surface area contributed by atoms with Crippen molar-refractivity contribution >= 4 is 23.4 Å². The Morgan fingerprint density at radius 3 is 1.93 bits per heavy atom. The van der Waals surface area contributed by atoms with E-state index in [4.69, 9.17) is 25.8 Å². The van der Waals surface area contributed by atoms with E-state index in [1.807, 2.05) is 20.8 Å². The van der Waals surface area contributed by atoms with Crippen LogP contribution in [0.5, 0.6) is 17.2 Å². The molecule has 0 saturated heterocycles. The molecule has 0 aliphatic carbocycles. The second-order valence-electron chi connectivity index (χ2n) is 5.49. The Balaban J connectivity index is 2.21. The number of hydrogen-bond donors (Lipinski definition) is 2. The molecule has 2 aromatic carbocycles. The normalized spacial score (nSPS) is 10.1. The predicted molar refractivity (Wildman–Crippen MR) is 106 cm³/mol. The summed E-state index contributed by atoms with van der Waals surface area (Å²) in [5.41, 5.74) is 5.21. The quantitative estimate of drug-likeness (QED) is 0.654. The fourth-order valence-corrected chi connectivity index (χ4v) is 2.64. The van der Waals surface area contributed by atoms with Crippen molar-refractivity contribution in [1.29, 1.82) is 0 Å². The average Bonchev–Trinajstić information content (AvgIpc) is 2.68. The smallest absolute Gasteiger partial charge is 0.271 e. The van der Waals surface area contributed by atoms with Crippen LogP contribution in [0.15, 0.2) is 36.4 Å². The van der Waals surface area contributed by atoms with E-state index in [1.165, 1.54) is 12.1 Å². The van der Waals surface area contributed by atoms with E-state index in [0.717, 1.165) is 0 Å². The third-order valence-corrected chi connectivity index (χ3v) is 3.91. The Bertz CT molecular complexity index is 814. The third-order valence-electron chi connectivity index (χ3n) is 3.58. The monoisotopic (exact) mass is 406 g/mol. The Morgan fingerprint density at radius 1 is 0.857 bits per heavy atom. The van der Waals surface area contributed by atoms with Gasteiger partial charge in [0.05, 0.1) is 30.4 Å². The second kappa shape index (κ2) is 10.4. The molecule has 0 spiro atoms. The summed E-state index contributed by atoms with van der Waals surface area (Å²) in [4.78, 5) is 24.7. The van der Waals surface area contributed by atoms with Gasteiger partial charge in [0.15, 0.2) is 11.5 Å². The lowest BCUT2D eigenvalue weighted by Crippen LogP contribution is -2.41. The number of carbonyl (C=O) groups excluding carboxylic acids is 2. The fraction of sp³-hybridized carbons (Fsp3) is 0.300. The van der Waals surface area contributed by atoms with Crippen molar-refractivity contribution in [2.75, 3.05) is 19.8 Å². The first-order valence-corrected chi connectivity index (χ1v) is 9.31. The molecule has 0 bridgehead atoms. The number of nitrogens with one attached hydrogen (secondary N) is 2. The van der Waals surface area contributed by atoms with E-state index in [9.17, 15) is 9.59 Å². The zero-order valence-corrected chi connectivity index (χ0v) is 16.8. The molecular formula is C20H23ClN2O5. The van der Waals surface area contributed by atoms with Gasteiger partial charge in [-0.25, -0.2) is 0 Å². The Hall–Kier alpha value is -2.93. The molecule has 2 N–H and O–H groups in total. The molecule has 8 heteroatoms. The van der Waals surface area contributed by atoms with Crippen molar-refractivity contribution < 1.29 is 23.8 Å². The lowest BCUT2D eigenvalue weighted by Gasteiger charge is -2.17. The van der Waals surface area contributed by atoms with Gasteiger partial charge in [-0.2, -0.15) is 0 Å². The zero-order chi connectivity index (χ0) is 20.5. The van der Waals surface area contributed by atoms with Gasteiger partial charge in [0.2, 0.25) is 5.75 Å². The minimum Gasteiger partial charge on any atom is -0.490 e. The summed E-state index contributed by atoms with van der Waals surface area (Å²) in [7, 11) is 0. The number of benzene rings is 2. The highest BCUT2D eigenvalue weighted by Gasteiger charge is 2.19. The SMILES string of the molecule is CCOc1cc(C(=O)NNC(=O)c2ccccc2Cl)cc(OCC)c1OCC. The number of hydrogen-bond acceptors (Lipinski definition) is 5. The first-order chi connectivity index (χ1) is 13.5. The van der Waals surface area contributed by atoms with E-state index in [2.05, 4.69) is 10.9 Å². The first-order valence-electron chi connectivity index (χ1n) is 8.93. The molecule has 0 aliphatic heterocycles. The number of halogens is 1. The average molecular weight is 407 g/mol. The van der Waals surface area contributed by atoms with Gasteiger partial charge < -0.3 is 14.2 Å². The second-order valence-corrected chi connectivity index (χ2v) is 5.90. The van der Waals surface area contributed by atoms with E-state index < -0.39 is 11.8 Å². The number of amides is 2. The molecule has 2 aromatic rings. The highest BCUT2D eigenvalue weighted by Crippen LogP contribution is 2.39. The van der Waals surface area contributed by atoms with Gasteiger partial charge in [0, 0.05) is 5.56 Å². The van der Waals surface area contributed by atoms with Gasteiger partial charge in [-0.15, -0.1) is 0 Å². The van der Waals surface area contributed by atoms with Crippen LogP contribution in [0, 0.1) is 0 Å². The van der Waals surface area contributed by atoms with Gasteiger partial charge in [0.25, 0.3) is 11.8 Å². The molecule has 7 nitrogen and oxygen atoms in total. The van der Waals surface area contributed by atoms with Gasteiger partial charge in [0.1, 0.15) is 0 Å². The molecule has 0 aromatic heterocycles. The Labute approximate surface area is 168 Å². The minimum atomic E-state index is -0.537. The molecule has 150 valence electrons. The van der Waals surface area contributed by atoms with E-state index >= 15 is 0 Å². The number of hydrazine groups is 1. The van der Waals surface area contributed by atoms with Crippen LogP contribution in [-0.2, 0) is 0 Å². The maximum Gasteiger partial charge on any atom is 0.271 e. The standard InChI is InChI=1S/C20H23ClN2O5/c1-4-26-16-11-13(12-17(27-5-2)18(16)28-6-3)19(24)22-23-20(25)14-9-7-8-10-15(14)21/h7-12H,4-6H2,1-3H3,(H,22,24)(H,23,25). The summed E-state index contributed by atoms with van der Waals surface area (Å²) in [6, 6.07) is 9.61. The Kier molecular flexibility index (Phi) is 7.95. The summed E-state index contributed by atoms with van der Waals surface area (Å²) in [5.74, 6) is 0.143. The van der Waals surface area contributed by atoms with Crippen molar-refractivity contribution in [2.24, 2.45) is 0 Å². The molecule has 28 heavy (non-hydrogen) atoms. The lowest BCUT2D eigenvalue weighted by atomic mass is 10.1. The molecule has 0 unspecified atom stereocenters. The maximum absolute atomic E-state index is 12.5. The van der Waals surface area contributed by atoms with Crippen LogP contribution in [0.3, 0.4) is 0 Å². The van der Waals surface area contributed by atoms with Crippen molar-refractivity contribution in [3.05, 3.63) is 52.5 Å². The van der Waals surface area contributed by atoms with E-state index in [1.54, 1.807) is 24.3 Å². The van der Waals surface area contributed by atoms with Gasteiger partial charge in [-0.3, -0.25) is 20.4 Å². The van der Waals surface area contributed by atoms with Crippen molar-refractivity contribution in [1.82, 2.24) is 10.9 Å². The van der Waals surface area contributed by atoms with Crippen LogP contribution in [-0.4, -0.2) is 31.6 Å². The van der Waals surface area contributed by atoms with Crippen molar-refractivity contribution in [3.8, 4) is 17.2 Å². The molecule has 0 saturated carbocycles. The largest absolute Gasteiger partial charge is 0.490 e. The van der Waals surface area contributed by atoms with Crippen molar-refractivity contribution in [3.63, 3.8) is 0 Å². The third kappa shape index (κ3) is 5.29. The van der Waals surface area contributed by atoms with Crippen molar-refractivity contribution in [2.45, 2.75) is 20.8 Å². The molecule has 2 rings (SSSR count). The number of ether oxygens (including phenoxy) is 3. The van der Waals surface area contributed by atoms with Gasteiger partial charge in [-0.1, -0.05) is 23.7 Å². The summed E-state index contributed by atoms with van der Waals surface area (Å²) < 4.78 is 16.8. The van der Waals surface area contributed by atoms with E-state index in [-0.39, 0.29) is 16.1 Å². The molecule has 0 fully saturated rings. The van der Waals surface area contributed by atoms with Crippen LogP contribution in [0.2, 0.25) is 5.02 Å². The maximum atomic E-state index is 12.5. The van der Waals surface area contributed by atoms with Crippen LogP contribution in [0.1, 0.15) is 41.5 Å². The number of rotatable bonds is 8. The molecule has 0 atom stereocenters. The van der Waals surface area contributed by atoms with Gasteiger partial charge in [-0.05, 0) is 45.0 Å². The topological polar surface area (TPSA) is 85.9 Å². The summed E-state index contributed by atoms with van der Waals surface area (Å²) in [5, 5.41) is 0.285. The summed E-state index contributed by atoms with van der Waals surface area (Å²) in [6.45, 7) is 6.69. The molecule has 0 heterocycles. The molecule has 0 radical (unpaired) electrons. The van der Waals surface area contributed by atoms with Gasteiger partial charge >= 0.3 is 0 Å². The number of carbonyl (C=O) groups is 2. The first kappa shape index (κ1) is 21.4. The van der Waals surface area contributed by atoms with E-state index in [0.29, 0.717) is 37.1 Å². The van der Waals surface area contributed by atoms with Crippen LogP contribution in [0.4, 0.5) is 0 Å². The molecule has 0 aliphatic rings. The molecule has 2 amide bonds. The predicted octanol–water partition coefficient (Wildman–Crippen LogP) is 3.61. The lowest BCUT2D eigenvalue weighted by molar-refractivity contribution is 0.0846. The fourth-order valence-electron chi connectivity index (χ4n) is 2.42. The summed E-state index contributed by atoms with van der Waals surface area (Å²) in [6.07, 6.45) is 0. The minimum absolute atomic E-state index is 0.245. The van der Waals surface area contributed by atoms with Crippen LogP contribution >= 0.6 is 11.6 Å². The summed E-state index contributed by atoms with van der Waals surface area (Å²) >= 11 is 5.99. The highest BCUT2D eigenvalue weighted by atomic mass is 35.5. The zero-order valence-electron chi connectivity index (χ0n) is 16.0.